The zero-order chi connectivity index (χ0) is 15.7. The van der Waals surface area contributed by atoms with Gasteiger partial charge in [0, 0.05) is 18.5 Å². The molecule has 0 spiro atoms. The molecule has 3 rings (SSSR count). The van der Waals surface area contributed by atoms with E-state index in [1.807, 2.05) is 18.2 Å². The Morgan fingerprint density at radius 1 is 1.41 bits per heavy atom. The Morgan fingerprint density at radius 2 is 2.23 bits per heavy atom. The van der Waals surface area contributed by atoms with Crippen LogP contribution in [0.3, 0.4) is 0 Å². The molecule has 0 unspecified atom stereocenters. The first-order chi connectivity index (χ1) is 10.6. The predicted octanol–water partition coefficient (Wildman–Crippen LogP) is 2.42. The summed E-state index contributed by atoms with van der Waals surface area (Å²) in [5.74, 6) is 0.909. The topological polar surface area (TPSA) is 75.2 Å². The lowest BCUT2D eigenvalue weighted by Crippen LogP contribution is -2.23. The number of nitriles is 1. The van der Waals surface area contributed by atoms with Crippen LogP contribution < -0.4 is 10.5 Å². The van der Waals surface area contributed by atoms with Gasteiger partial charge in [-0.3, -0.25) is 0 Å². The molecule has 1 aromatic heterocycles. The van der Waals surface area contributed by atoms with Crippen LogP contribution >= 0.6 is 0 Å². The smallest absolute Gasteiger partial charge is 0.145 e. The number of fused-ring (bicyclic) bond motifs is 1. The fourth-order valence-corrected chi connectivity index (χ4v) is 2.80. The number of aromatic nitrogens is 1. The first kappa shape index (κ1) is 14.4. The van der Waals surface area contributed by atoms with Gasteiger partial charge in [-0.05, 0) is 36.7 Å². The number of pyridine rings is 1. The summed E-state index contributed by atoms with van der Waals surface area (Å²) in [7, 11) is 3.72. The van der Waals surface area contributed by atoms with Gasteiger partial charge in [0.05, 0.1) is 12.7 Å². The second-order valence-corrected chi connectivity index (χ2v) is 5.49. The molecule has 0 radical (unpaired) electrons. The molecule has 0 atom stereocenters. The Hall–Kier alpha value is -2.58. The molecule has 0 amide bonds. The number of hydrogen-bond donors (Lipinski definition) is 1. The number of nitrogens with two attached hydrogens (primary N) is 1. The molecule has 2 heterocycles. The van der Waals surface area contributed by atoms with Crippen molar-refractivity contribution in [3.8, 4) is 11.8 Å². The Morgan fingerprint density at radius 3 is 2.86 bits per heavy atom. The van der Waals surface area contributed by atoms with E-state index in [0.29, 0.717) is 16.8 Å². The van der Waals surface area contributed by atoms with Gasteiger partial charge in [0.1, 0.15) is 23.2 Å². The summed E-state index contributed by atoms with van der Waals surface area (Å²) in [6.45, 7) is 1.95. The van der Waals surface area contributed by atoms with Crippen molar-refractivity contribution in [2.75, 3.05) is 33.0 Å². The highest BCUT2D eigenvalue weighted by molar-refractivity contribution is 5.97. The number of nitrogen functional groups attached to an aromatic ring is 1. The third-order valence-electron chi connectivity index (χ3n) is 4.08. The molecule has 112 valence electrons. The number of nitrogens with zero attached hydrogens (tertiary/aromatic N) is 3. The van der Waals surface area contributed by atoms with E-state index in [1.54, 1.807) is 7.11 Å². The van der Waals surface area contributed by atoms with Gasteiger partial charge < -0.3 is 15.4 Å². The highest BCUT2D eigenvalue weighted by atomic mass is 16.5. The number of methoxy groups -OCH3 is 1. The van der Waals surface area contributed by atoms with E-state index in [-0.39, 0.29) is 5.82 Å². The Bertz CT molecular complexity index is 804. The second kappa shape index (κ2) is 5.66. The zero-order valence-corrected chi connectivity index (χ0v) is 12.8. The van der Waals surface area contributed by atoms with Gasteiger partial charge in [-0.2, -0.15) is 5.26 Å². The highest BCUT2D eigenvalue weighted by Gasteiger charge is 2.16. The van der Waals surface area contributed by atoms with Crippen LogP contribution in [0.15, 0.2) is 24.3 Å². The van der Waals surface area contributed by atoms with Crippen LogP contribution in [-0.4, -0.2) is 37.1 Å². The summed E-state index contributed by atoms with van der Waals surface area (Å²) in [4.78, 5) is 6.65. The minimum Gasteiger partial charge on any atom is -0.494 e. The fraction of sp³-hybridized carbons (Fsp3) is 0.294. The summed E-state index contributed by atoms with van der Waals surface area (Å²) >= 11 is 0. The lowest BCUT2D eigenvalue weighted by molar-refractivity contribution is 0.370. The predicted molar refractivity (Wildman–Crippen MR) is 87.5 cm³/mol. The van der Waals surface area contributed by atoms with E-state index in [2.05, 4.69) is 29.1 Å². The molecule has 0 bridgehead atoms. The maximum atomic E-state index is 9.22. The van der Waals surface area contributed by atoms with Crippen LogP contribution in [0.2, 0.25) is 0 Å². The lowest BCUT2D eigenvalue weighted by atomic mass is 9.95. The van der Waals surface area contributed by atoms with Crippen LogP contribution in [0, 0.1) is 11.3 Å². The molecule has 2 N–H and O–H groups in total. The number of likely N-dealkylation sites (N-methyl/N-ethyl adjacent to an activating group) is 1. The van der Waals surface area contributed by atoms with E-state index in [4.69, 9.17) is 10.5 Å². The first-order valence-electron chi connectivity index (χ1n) is 7.19. The Kier molecular flexibility index (Phi) is 3.70. The van der Waals surface area contributed by atoms with Crippen LogP contribution in [0.4, 0.5) is 5.82 Å². The van der Waals surface area contributed by atoms with Gasteiger partial charge in [0.25, 0.3) is 0 Å². The Labute approximate surface area is 129 Å². The molecule has 1 aliphatic heterocycles. The third kappa shape index (κ3) is 2.38. The molecule has 0 fully saturated rings. The minimum atomic E-state index is 0.239. The van der Waals surface area contributed by atoms with Crippen LogP contribution in [-0.2, 0) is 0 Å². The van der Waals surface area contributed by atoms with Gasteiger partial charge in [-0.25, -0.2) is 4.98 Å². The summed E-state index contributed by atoms with van der Waals surface area (Å²) in [6.07, 6.45) is 3.21. The SMILES string of the molecule is COc1ccc(C2=CCN(C)CC2)c2cc(C#N)c(N)nc12. The molecule has 1 aromatic carbocycles. The molecule has 5 nitrogen and oxygen atoms in total. The quantitative estimate of drug-likeness (QED) is 0.920. The average Bonchev–Trinajstić information content (AvgIpc) is 2.54. The maximum Gasteiger partial charge on any atom is 0.145 e. The van der Waals surface area contributed by atoms with Crippen LogP contribution in [0.5, 0.6) is 5.75 Å². The van der Waals surface area contributed by atoms with Gasteiger partial charge in [0.2, 0.25) is 0 Å². The van der Waals surface area contributed by atoms with Crippen LogP contribution in [0.1, 0.15) is 17.5 Å². The van der Waals surface area contributed by atoms with E-state index < -0.39 is 0 Å². The normalized spacial score (nSPS) is 15.4. The van der Waals surface area contributed by atoms with Crippen molar-refractivity contribution in [1.29, 1.82) is 5.26 Å². The van der Waals surface area contributed by atoms with Crippen molar-refractivity contribution in [2.24, 2.45) is 0 Å². The maximum absolute atomic E-state index is 9.22. The molecule has 0 saturated carbocycles. The van der Waals surface area contributed by atoms with E-state index in [1.165, 1.54) is 5.57 Å². The number of hydrogen-bond acceptors (Lipinski definition) is 5. The van der Waals surface area contributed by atoms with Crippen molar-refractivity contribution in [3.63, 3.8) is 0 Å². The summed E-state index contributed by atoms with van der Waals surface area (Å²) in [6, 6.07) is 7.87. The fourth-order valence-electron chi connectivity index (χ4n) is 2.80. The summed E-state index contributed by atoms with van der Waals surface area (Å²) in [5, 5.41) is 10.1. The number of benzene rings is 1. The Balaban J connectivity index is 2.25. The van der Waals surface area contributed by atoms with Gasteiger partial charge >= 0.3 is 0 Å². The molecule has 0 saturated heterocycles. The highest BCUT2D eigenvalue weighted by Crippen LogP contribution is 2.34. The number of ether oxygens (including phenoxy) is 1. The minimum absolute atomic E-state index is 0.239. The molecule has 0 aliphatic carbocycles. The van der Waals surface area contributed by atoms with Crippen molar-refractivity contribution in [3.05, 3.63) is 35.4 Å². The largest absolute Gasteiger partial charge is 0.494 e. The lowest BCUT2D eigenvalue weighted by Gasteiger charge is -2.23. The molecule has 5 heteroatoms. The van der Waals surface area contributed by atoms with E-state index >= 15 is 0 Å². The summed E-state index contributed by atoms with van der Waals surface area (Å²) < 4.78 is 5.39. The van der Waals surface area contributed by atoms with Crippen molar-refractivity contribution in [2.45, 2.75) is 6.42 Å². The number of rotatable bonds is 2. The van der Waals surface area contributed by atoms with Gasteiger partial charge in [-0.15, -0.1) is 0 Å². The summed E-state index contributed by atoms with van der Waals surface area (Å²) in [5.41, 5.74) is 9.34. The second-order valence-electron chi connectivity index (χ2n) is 5.49. The van der Waals surface area contributed by atoms with Crippen molar-refractivity contribution in [1.82, 2.24) is 9.88 Å². The molecular weight excluding hydrogens is 276 g/mol. The molecule has 1 aliphatic rings. The average molecular weight is 294 g/mol. The molecule has 2 aromatic rings. The van der Waals surface area contributed by atoms with E-state index in [0.717, 1.165) is 30.5 Å². The third-order valence-corrected chi connectivity index (χ3v) is 4.08. The first-order valence-corrected chi connectivity index (χ1v) is 7.19. The van der Waals surface area contributed by atoms with Crippen molar-refractivity contribution >= 4 is 22.3 Å². The standard InChI is InChI=1S/C17H18N4O/c1-21-7-5-11(6-8-21)13-3-4-15(22-2)16-14(13)9-12(10-18)17(19)20-16/h3-5,9H,6-8H2,1-2H3,(H2,19,20). The van der Waals surface area contributed by atoms with Gasteiger partial charge in [0.15, 0.2) is 0 Å². The molecular formula is C17H18N4O. The van der Waals surface area contributed by atoms with Crippen molar-refractivity contribution < 1.29 is 4.74 Å². The monoisotopic (exact) mass is 294 g/mol. The van der Waals surface area contributed by atoms with E-state index in [9.17, 15) is 5.26 Å². The molecule has 22 heavy (non-hydrogen) atoms. The number of anilines is 1. The zero-order valence-electron chi connectivity index (χ0n) is 12.8. The van der Waals surface area contributed by atoms with Gasteiger partial charge in [-0.1, -0.05) is 12.1 Å². The van der Waals surface area contributed by atoms with Crippen LogP contribution in [0.25, 0.3) is 16.5 Å².